The summed E-state index contributed by atoms with van der Waals surface area (Å²) in [6, 6.07) is 2.17. The third-order valence-electron chi connectivity index (χ3n) is 2.99. The molecule has 92 valence electrons. The van der Waals surface area contributed by atoms with E-state index < -0.39 is 0 Å². The van der Waals surface area contributed by atoms with Gasteiger partial charge in [-0.25, -0.2) is 0 Å². The fourth-order valence-electron chi connectivity index (χ4n) is 2.00. The lowest BCUT2D eigenvalue weighted by atomic mass is 10.1. The summed E-state index contributed by atoms with van der Waals surface area (Å²) >= 11 is 0. The molecule has 16 heavy (non-hydrogen) atoms. The van der Waals surface area contributed by atoms with Gasteiger partial charge in [0.25, 0.3) is 0 Å². The first-order valence-corrected chi connectivity index (χ1v) is 6.62. The number of rotatable bonds is 9. The predicted molar refractivity (Wildman–Crippen MR) is 68.6 cm³/mol. The Morgan fingerprint density at radius 3 is 2.62 bits per heavy atom. The average molecular weight is 223 g/mol. The maximum absolute atomic E-state index is 8.80. The van der Waals surface area contributed by atoms with E-state index in [-0.39, 0.29) is 6.61 Å². The van der Waals surface area contributed by atoms with Crippen LogP contribution in [0.1, 0.15) is 51.0 Å². The van der Waals surface area contributed by atoms with Crippen molar-refractivity contribution in [2.75, 3.05) is 6.61 Å². The Labute approximate surface area is 99.3 Å². The van der Waals surface area contributed by atoms with E-state index in [2.05, 4.69) is 30.0 Å². The second-order valence-electron chi connectivity index (χ2n) is 4.50. The highest BCUT2D eigenvalue weighted by atomic mass is 16.3. The summed E-state index contributed by atoms with van der Waals surface area (Å²) in [6.07, 6.45) is 13.5. The van der Waals surface area contributed by atoms with Gasteiger partial charge in [0.15, 0.2) is 0 Å². The van der Waals surface area contributed by atoms with Crippen LogP contribution in [-0.2, 0) is 13.0 Å². The molecule has 0 atom stereocenters. The zero-order valence-electron chi connectivity index (χ0n) is 10.5. The molecule has 1 N–H and O–H groups in total. The van der Waals surface area contributed by atoms with Gasteiger partial charge in [-0.2, -0.15) is 0 Å². The summed E-state index contributed by atoms with van der Waals surface area (Å²) < 4.78 is 2.06. The van der Waals surface area contributed by atoms with Gasteiger partial charge in [0.2, 0.25) is 0 Å². The van der Waals surface area contributed by atoms with Crippen LogP contribution in [0.3, 0.4) is 0 Å². The molecule has 1 rings (SSSR count). The number of nitrogens with zero attached hydrogens (tertiary/aromatic N) is 1. The summed E-state index contributed by atoms with van der Waals surface area (Å²) in [4.78, 5) is 0. The van der Waals surface area contributed by atoms with E-state index in [0.29, 0.717) is 0 Å². The van der Waals surface area contributed by atoms with Crippen LogP contribution in [0.4, 0.5) is 0 Å². The Hall–Kier alpha value is -0.760. The van der Waals surface area contributed by atoms with Crippen molar-refractivity contribution >= 4 is 0 Å². The average Bonchev–Trinajstić information content (AvgIpc) is 2.72. The maximum Gasteiger partial charge on any atom is 0.0610 e. The largest absolute Gasteiger partial charge is 0.395 e. The van der Waals surface area contributed by atoms with Gasteiger partial charge in [-0.1, -0.05) is 39.0 Å². The molecule has 0 spiro atoms. The minimum absolute atomic E-state index is 0.227. The van der Waals surface area contributed by atoms with Crippen LogP contribution >= 0.6 is 0 Å². The number of aliphatic hydroxyl groups is 1. The molecule has 0 fully saturated rings. The number of hydrogen-bond donors (Lipinski definition) is 1. The molecule has 0 unspecified atom stereocenters. The first-order valence-electron chi connectivity index (χ1n) is 6.62. The van der Waals surface area contributed by atoms with Crippen molar-refractivity contribution in [1.29, 1.82) is 0 Å². The van der Waals surface area contributed by atoms with Crippen molar-refractivity contribution in [3.8, 4) is 0 Å². The Kier molecular flexibility index (Phi) is 6.98. The third-order valence-corrected chi connectivity index (χ3v) is 2.99. The van der Waals surface area contributed by atoms with E-state index in [4.69, 9.17) is 5.11 Å². The van der Waals surface area contributed by atoms with Crippen LogP contribution in [0.2, 0.25) is 0 Å². The van der Waals surface area contributed by atoms with Crippen LogP contribution in [-0.4, -0.2) is 16.3 Å². The van der Waals surface area contributed by atoms with Crippen molar-refractivity contribution < 1.29 is 5.11 Å². The molecule has 1 aromatic heterocycles. The molecule has 0 radical (unpaired) electrons. The summed E-state index contributed by atoms with van der Waals surface area (Å²) in [6.45, 7) is 3.20. The number of unbranched alkanes of at least 4 members (excludes halogenated alkanes) is 5. The second kappa shape index (κ2) is 8.40. The fraction of sp³-hybridized carbons (Fsp3) is 0.714. The lowest BCUT2D eigenvalue weighted by Gasteiger charge is -2.00. The van der Waals surface area contributed by atoms with Crippen molar-refractivity contribution in [2.45, 2.75) is 58.4 Å². The van der Waals surface area contributed by atoms with Gasteiger partial charge in [-0.15, -0.1) is 0 Å². The molecule has 1 heterocycles. The van der Waals surface area contributed by atoms with E-state index >= 15 is 0 Å². The lowest BCUT2D eigenvalue weighted by Crippen LogP contribution is -1.98. The molecule has 0 saturated heterocycles. The molecular formula is C14H25NO. The van der Waals surface area contributed by atoms with Gasteiger partial charge >= 0.3 is 0 Å². The first-order chi connectivity index (χ1) is 7.86. The number of hydrogen-bond acceptors (Lipinski definition) is 1. The van der Waals surface area contributed by atoms with Crippen molar-refractivity contribution in [3.63, 3.8) is 0 Å². The minimum Gasteiger partial charge on any atom is -0.395 e. The van der Waals surface area contributed by atoms with E-state index in [0.717, 1.165) is 6.54 Å². The van der Waals surface area contributed by atoms with Crippen molar-refractivity contribution in [3.05, 3.63) is 24.0 Å². The highest BCUT2D eigenvalue weighted by Crippen LogP contribution is 2.10. The molecule has 2 heteroatoms. The molecule has 2 nitrogen and oxygen atoms in total. The monoisotopic (exact) mass is 223 g/mol. The zero-order valence-corrected chi connectivity index (χ0v) is 10.5. The highest BCUT2D eigenvalue weighted by molar-refractivity contribution is 5.10. The van der Waals surface area contributed by atoms with Gasteiger partial charge in [0.1, 0.15) is 0 Å². The van der Waals surface area contributed by atoms with E-state index in [1.165, 1.54) is 50.5 Å². The van der Waals surface area contributed by atoms with Crippen LogP contribution in [0.5, 0.6) is 0 Å². The van der Waals surface area contributed by atoms with E-state index in [9.17, 15) is 0 Å². The molecule has 0 amide bonds. The molecule has 0 aromatic carbocycles. The predicted octanol–water partition coefficient (Wildman–Crippen LogP) is 3.38. The fourth-order valence-corrected chi connectivity index (χ4v) is 2.00. The Bertz CT molecular complexity index is 267. The third kappa shape index (κ3) is 5.36. The summed E-state index contributed by atoms with van der Waals surface area (Å²) in [5.41, 5.74) is 1.41. The molecule has 0 aliphatic heterocycles. The second-order valence-corrected chi connectivity index (χ2v) is 4.50. The zero-order chi connectivity index (χ0) is 11.6. The molecule has 1 aromatic rings. The molecule has 0 aliphatic rings. The normalized spacial score (nSPS) is 10.9. The smallest absolute Gasteiger partial charge is 0.0610 e. The van der Waals surface area contributed by atoms with Crippen LogP contribution in [0, 0.1) is 0 Å². The molecule has 0 aliphatic carbocycles. The van der Waals surface area contributed by atoms with Gasteiger partial charge in [-0.05, 0) is 24.5 Å². The Balaban J connectivity index is 2.07. The standard InChI is InChI=1S/C14H25NO/c1-2-3-4-5-6-7-8-14-9-10-15(13-14)11-12-16/h9-10,13,16H,2-8,11-12H2,1H3. The quantitative estimate of drug-likeness (QED) is 0.638. The lowest BCUT2D eigenvalue weighted by molar-refractivity contribution is 0.276. The van der Waals surface area contributed by atoms with Crippen molar-refractivity contribution in [2.24, 2.45) is 0 Å². The molecular weight excluding hydrogens is 198 g/mol. The van der Waals surface area contributed by atoms with E-state index in [1.807, 2.05) is 0 Å². The topological polar surface area (TPSA) is 25.2 Å². The number of aryl methyl sites for hydroxylation is 1. The minimum atomic E-state index is 0.227. The first kappa shape index (κ1) is 13.3. The summed E-state index contributed by atoms with van der Waals surface area (Å²) in [5.74, 6) is 0. The van der Waals surface area contributed by atoms with Gasteiger partial charge in [0, 0.05) is 18.9 Å². The van der Waals surface area contributed by atoms with E-state index in [1.54, 1.807) is 0 Å². The maximum atomic E-state index is 8.80. The number of aromatic nitrogens is 1. The van der Waals surface area contributed by atoms with Gasteiger partial charge in [-0.3, -0.25) is 0 Å². The van der Waals surface area contributed by atoms with Crippen LogP contribution in [0.25, 0.3) is 0 Å². The molecule has 0 saturated carbocycles. The van der Waals surface area contributed by atoms with Gasteiger partial charge < -0.3 is 9.67 Å². The van der Waals surface area contributed by atoms with Crippen molar-refractivity contribution in [1.82, 2.24) is 4.57 Å². The van der Waals surface area contributed by atoms with Crippen LogP contribution < -0.4 is 0 Å². The number of aliphatic hydroxyl groups excluding tert-OH is 1. The van der Waals surface area contributed by atoms with Crippen LogP contribution in [0.15, 0.2) is 18.5 Å². The Morgan fingerprint density at radius 2 is 1.88 bits per heavy atom. The SMILES string of the molecule is CCCCCCCCc1ccn(CCO)c1. The Morgan fingerprint density at radius 1 is 1.12 bits per heavy atom. The van der Waals surface area contributed by atoms with Gasteiger partial charge in [0.05, 0.1) is 6.61 Å². The summed E-state index contributed by atoms with van der Waals surface area (Å²) in [7, 11) is 0. The highest BCUT2D eigenvalue weighted by Gasteiger charge is 1.97. The summed E-state index contributed by atoms with van der Waals surface area (Å²) in [5, 5.41) is 8.80. The molecule has 0 bridgehead atoms.